The molecule has 152 valence electrons. The van der Waals surface area contributed by atoms with Crippen molar-refractivity contribution in [1.82, 2.24) is 29.4 Å². The van der Waals surface area contributed by atoms with E-state index in [1.54, 1.807) is 6.20 Å². The van der Waals surface area contributed by atoms with E-state index in [1.807, 2.05) is 35.2 Å². The molecule has 0 saturated carbocycles. The number of fused-ring (bicyclic) bond motifs is 3. The van der Waals surface area contributed by atoms with Gasteiger partial charge in [-0.3, -0.25) is 19.8 Å². The zero-order chi connectivity index (χ0) is 20.1. The lowest BCUT2D eigenvalue weighted by molar-refractivity contribution is 0.0569. The van der Waals surface area contributed by atoms with E-state index in [1.165, 1.54) is 30.9 Å². The summed E-state index contributed by atoms with van der Waals surface area (Å²) in [6, 6.07) is 10.3. The third-order valence-corrected chi connectivity index (χ3v) is 6.94. The Morgan fingerprint density at radius 1 is 1.23 bits per heavy atom. The molecule has 1 unspecified atom stereocenters. The number of rotatable bonds is 3. The molecule has 4 aromatic rings. The number of aromatic amines is 1. The maximum Gasteiger partial charge on any atom is 0.274 e. The molecule has 0 aliphatic carbocycles. The van der Waals surface area contributed by atoms with Crippen molar-refractivity contribution in [2.45, 2.75) is 18.9 Å². The van der Waals surface area contributed by atoms with Crippen molar-refractivity contribution < 1.29 is 4.79 Å². The van der Waals surface area contributed by atoms with Gasteiger partial charge in [-0.2, -0.15) is 9.47 Å². The van der Waals surface area contributed by atoms with E-state index in [2.05, 4.69) is 29.8 Å². The number of piperazine rings is 1. The molecule has 1 amide bonds. The quantitative estimate of drug-likeness (QED) is 0.530. The topological polar surface area (TPSA) is 90.0 Å². The van der Waals surface area contributed by atoms with Crippen molar-refractivity contribution in [2.75, 3.05) is 31.5 Å². The average Bonchev–Trinajstić information content (AvgIpc) is 3.51. The van der Waals surface area contributed by atoms with Crippen LogP contribution in [0.2, 0.25) is 0 Å². The highest BCUT2D eigenvalue weighted by Crippen LogP contribution is 2.30. The number of hydrogen-bond donors (Lipinski definition) is 2. The summed E-state index contributed by atoms with van der Waals surface area (Å²) in [5.41, 5.74) is 3.14. The van der Waals surface area contributed by atoms with Gasteiger partial charge in [-0.15, -0.1) is 0 Å². The van der Waals surface area contributed by atoms with Gasteiger partial charge in [0.2, 0.25) is 0 Å². The largest absolute Gasteiger partial charge is 0.337 e. The second-order valence-electron chi connectivity index (χ2n) is 7.92. The van der Waals surface area contributed by atoms with E-state index in [9.17, 15) is 4.79 Å². The number of benzene rings is 1. The highest BCUT2D eigenvalue weighted by atomic mass is 32.1. The normalized spacial score (nSPS) is 19.5. The molecule has 0 bridgehead atoms. The molecule has 5 heterocycles. The maximum absolute atomic E-state index is 13.2. The van der Waals surface area contributed by atoms with Crippen LogP contribution in [0.25, 0.3) is 21.1 Å². The molecular weight excluding hydrogens is 398 g/mol. The van der Waals surface area contributed by atoms with Crippen LogP contribution in [0.3, 0.4) is 0 Å². The molecule has 9 heteroatoms. The van der Waals surface area contributed by atoms with Gasteiger partial charge in [-0.1, -0.05) is 0 Å². The number of nitrogens with one attached hydrogen (secondary N) is 2. The lowest BCUT2D eigenvalue weighted by Gasteiger charge is -2.37. The number of nitrogens with zero attached hydrogens (tertiary/aromatic N) is 5. The fourth-order valence-corrected chi connectivity index (χ4v) is 5.38. The van der Waals surface area contributed by atoms with E-state index < -0.39 is 0 Å². The Hall–Kier alpha value is -3.04. The van der Waals surface area contributed by atoms with E-state index >= 15 is 0 Å². The monoisotopic (exact) mass is 419 g/mol. The van der Waals surface area contributed by atoms with Gasteiger partial charge < -0.3 is 10.2 Å². The molecule has 2 fully saturated rings. The SMILES string of the molecule is O=C(c1nsc2cc(Nc3n[nH]c4cccnc34)ccc12)N1CCN2CCCC2C1. The molecule has 6 rings (SSSR count). The van der Waals surface area contributed by atoms with Crippen LogP contribution in [0.15, 0.2) is 36.5 Å². The van der Waals surface area contributed by atoms with Crippen LogP contribution < -0.4 is 5.32 Å². The number of H-pyrrole nitrogens is 1. The second kappa shape index (κ2) is 7.03. The Bertz CT molecular complexity index is 1250. The van der Waals surface area contributed by atoms with Crippen LogP contribution in [0, 0.1) is 0 Å². The Kier molecular flexibility index (Phi) is 4.17. The Morgan fingerprint density at radius 2 is 2.20 bits per heavy atom. The third-order valence-electron chi connectivity index (χ3n) is 6.13. The van der Waals surface area contributed by atoms with Crippen molar-refractivity contribution >= 4 is 50.1 Å². The van der Waals surface area contributed by atoms with Gasteiger partial charge in [0.15, 0.2) is 5.82 Å². The van der Waals surface area contributed by atoms with Crippen LogP contribution >= 0.6 is 11.5 Å². The lowest BCUT2D eigenvalue weighted by Crippen LogP contribution is -2.52. The summed E-state index contributed by atoms with van der Waals surface area (Å²) in [7, 11) is 0. The predicted octanol–water partition coefficient (Wildman–Crippen LogP) is 3.23. The van der Waals surface area contributed by atoms with Crippen LogP contribution in [0.4, 0.5) is 11.5 Å². The van der Waals surface area contributed by atoms with E-state index in [-0.39, 0.29) is 5.91 Å². The van der Waals surface area contributed by atoms with Crippen LogP contribution in [0.1, 0.15) is 23.3 Å². The first-order valence-electron chi connectivity index (χ1n) is 10.3. The summed E-state index contributed by atoms with van der Waals surface area (Å²) in [4.78, 5) is 22.0. The summed E-state index contributed by atoms with van der Waals surface area (Å²) >= 11 is 1.36. The first-order chi connectivity index (χ1) is 14.8. The molecule has 2 saturated heterocycles. The summed E-state index contributed by atoms with van der Waals surface area (Å²) in [6.45, 7) is 3.74. The zero-order valence-corrected chi connectivity index (χ0v) is 17.2. The first-order valence-corrected chi connectivity index (χ1v) is 11.0. The minimum Gasteiger partial charge on any atom is -0.337 e. The fourth-order valence-electron chi connectivity index (χ4n) is 4.57. The van der Waals surface area contributed by atoms with Crippen molar-refractivity contribution in [2.24, 2.45) is 0 Å². The van der Waals surface area contributed by atoms with Gasteiger partial charge in [0.05, 0.1) is 10.2 Å². The molecule has 1 aromatic carbocycles. The van der Waals surface area contributed by atoms with Gasteiger partial charge in [0.1, 0.15) is 11.2 Å². The Balaban J connectivity index is 1.25. The first kappa shape index (κ1) is 17.8. The van der Waals surface area contributed by atoms with Crippen molar-refractivity contribution in [3.8, 4) is 0 Å². The van der Waals surface area contributed by atoms with Gasteiger partial charge in [0.25, 0.3) is 5.91 Å². The molecule has 30 heavy (non-hydrogen) atoms. The number of carbonyl (C=O) groups is 1. The van der Waals surface area contributed by atoms with Crippen molar-refractivity contribution in [3.05, 3.63) is 42.2 Å². The third kappa shape index (κ3) is 2.93. The zero-order valence-electron chi connectivity index (χ0n) is 16.3. The highest BCUT2D eigenvalue weighted by Gasteiger charge is 2.33. The van der Waals surface area contributed by atoms with E-state index in [0.29, 0.717) is 17.6 Å². The molecule has 2 N–H and O–H groups in total. The Morgan fingerprint density at radius 3 is 3.17 bits per heavy atom. The van der Waals surface area contributed by atoms with Crippen LogP contribution in [0.5, 0.6) is 0 Å². The van der Waals surface area contributed by atoms with Gasteiger partial charge in [-0.05, 0) is 61.3 Å². The molecule has 0 spiro atoms. The molecular formula is C21H21N7OS. The summed E-state index contributed by atoms with van der Waals surface area (Å²) in [6.07, 6.45) is 4.18. The number of hydrogen-bond acceptors (Lipinski definition) is 7. The van der Waals surface area contributed by atoms with Gasteiger partial charge in [0, 0.05) is 42.9 Å². The molecule has 0 radical (unpaired) electrons. The Labute approximate surface area is 177 Å². The van der Waals surface area contributed by atoms with Crippen LogP contribution in [-0.4, -0.2) is 67.5 Å². The molecule has 8 nitrogen and oxygen atoms in total. The van der Waals surface area contributed by atoms with Gasteiger partial charge >= 0.3 is 0 Å². The molecule has 3 aromatic heterocycles. The number of anilines is 2. The minimum atomic E-state index is 0.0519. The average molecular weight is 420 g/mol. The summed E-state index contributed by atoms with van der Waals surface area (Å²) in [5.74, 6) is 0.733. The van der Waals surface area contributed by atoms with E-state index in [0.717, 1.165) is 46.4 Å². The lowest BCUT2D eigenvalue weighted by atomic mass is 10.1. The number of pyridine rings is 1. The highest BCUT2D eigenvalue weighted by molar-refractivity contribution is 7.13. The summed E-state index contributed by atoms with van der Waals surface area (Å²) < 4.78 is 5.50. The predicted molar refractivity (Wildman–Crippen MR) is 117 cm³/mol. The number of carbonyl (C=O) groups excluding carboxylic acids is 1. The smallest absolute Gasteiger partial charge is 0.274 e. The number of amides is 1. The van der Waals surface area contributed by atoms with Crippen molar-refractivity contribution in [3.63, 3.8) is 0 Å². The minimum absolute atomic E-state index is 0.0519. The number of aromatic nitrogens is 4. The van der Waals surface area contributed by atoms with Crippen molar-refractivity contribution in [1.29, 1.82) is 0 Å². The standard InChI is InChI=1S/C21H21N7OS/c29-21(28-10-9-27-8-2-3-14(27)12-28)18-15-6-5-13(11-17(15)30-26-18)23-20-19-16(24-25-20)4-1-7-22-19/h1,4-7,11,14H,2-3,8-10,12H2,(H2,23,24,25). The summed E-state index contributed by atoms with van der Waals surface area (Å²) in [5, 5.41) is 11.5. The van der Waals surface area contributed by atoms with E-state index in [4.69, 9.17) is 0 Å². The molecule has 2 aliphatic heterocycles. The fraction of sp³-hybridized carbons (Fsp3) is 0.333. The second-order valence-corrected chi connectivity index (χ2v) is 8.73. The maximum atomic E-state index is 13.2. The molecule has 2 aliphatic rings. The van der Waals surface area contributed by atoms with Crippen LogP contribution in [-0.2, 0) is 0 Å². The van der Waals surface area contributed by atoms with Gasteiger partial charge in [-0.25, -0.2) is 0 Å². The molecule has 1 atom stereocenters.